The molecule has 1 N–H and O–H groups in total. The van der Waals surface area contributed by atoms with Gasteiger partial charge in [0.25, 0.3) is 0 Å². The highest BCUT2D eigenvalue weighted by atomic mass is 35.5. The third-order valence-electron chi connectivity index (χ3n) is 3.78. The highest BCUT2D eigenvalue weighted by Gasteiger charge is 2.26. The Morgan fingerprint density at radius 1 is 1.53 bits per heavy atom. The maximum absolute atomic E-state index is 13.1. The quantitative estimate of drug-likeness (QED) is 0.916. The zero-order valence-electron chi connectivity index (χ0n) is 11.3. The lowest BCUT2D eigenvalue weighted by atomic mass is 10.1. The maximum atomic E-state index is 13.1. The first-order valence-corrected chi connectivity index (χ1v) is 6.83. The van der Waals surface area contributed by atoms with Crippen molar-refractivity contribution in [1.29, 1.82) is 0 Å². The summed E-state index contributed by atoms with van der Waals surface area (Å²) < 4.78 is 13.1. The van der Waals surface area contributed by atoms with Crippen molar-refractivity contribution in [3.63, 3.8) is 0 Å². The summed E-state index contributed by atoms with van der Waals surface area (Å²) in [5.74, 6) is 0.371. The predicted molar refractivity (Wildman–Crippen MR) is 80.7 cm³/mol. The van der Waals surface area contributed by atoms with Crippen molar-refractivity contribution in [3.05, 3.63) is 34.6 Å². The van der Waals surface area contributed by atoms with Gasteiger partial charge in [-0.1, -0.05) is 17.7 Å². The summed E-state index contributed by atoms with van der Waals surface area (Å²) in [5.41, 5.74) is 1.09. The van der Waals surface area contributed by atoms with Gasteiger partial charge in [0, 0.05) is 12.6 Å². The molecule has 1 aliphatic heterocycles. The van der Waals surface area contributed by atoms with Crippen molar-refractivity contribution in [3.8, 4) is 0 Å². The molecule has 2 rings (SSSR count). The van der Waals surface area contributed by atoms with Crippen LogP contribution in [0.1, 0.15) is 24.9 Å². The van der Waals surface area contributed by atoms with Crippen LogP contribution in [-0.4, -0.2) is 31.6 Å². The second-order valence-electron chi connectivity index (χ2n) is 5.06. The van der Waals surface area contributed by atoms with Crippen LogP contribution in [0.2, 0.25) is 5.02 Å². The molecule has 0 bridgehead atoms. The number of nitrogens with zero attached hydrogens (tertiary/aromatic N) is 1. The van der Waals surface area contributed by atoms with Crippen LogP contribution in [-0.2, 0) is 0 Å². The summed E-state index contributed by atoms with van der Waals surface area (Å²) in [4.78, 5) is 2.44. The Bertz CT molecular complexity index is 414. The molecule has 1 aromatic carbocycles. The summed E-state index contributed by atoms with van der Waals surface area (Å²) in [5, 5.41) is 3.44. The van der Waals surface area contributed by atoms with Gasteiger partial charge in [0.15, 0.2) is 0 Å². The molecule has 1 saturated heterocycles. The minimum Gasteiger partial charge on any atom is -0.319 e. The fraction of sp³-hybridized carbons (Fsp3) is 0.571. The number of halogens is 3. The fourth-order valence-electron chi connectivity index (χ4n) is 2.65. The smallest absolute Gasteiger partial charge is 0.141 e. The van der Waals surface area contributed by atoms with Crippen LogP contribution in [0.4, 0.5) is 4.39 Å². The summed E-state index contributed by atoms with van der Waals surface area (Å²) >= 11 is 5.84. The molecule has 1 heterocycles. The Labute approximate surface area is 125 Å². The van der Waals surface area contributed by atoms with E-state index in [-0.39, 0.29) is 23.2 Å². The van der Waals surface area contributed by atoms with Crippen molar-refractivity contribution < 1.29 is 4.39 Å². The standard InChI is InChI=1S/C14H20ClFN2.ClH/c1-10(12-3-4-14(16)13(15)7-12)18-6-5-11(9-18)8-17-2;/h3-4,7,10-11,17H,5-6,8-9H2,1-2H3;1H. The van der Waals surface area contributed by atoms with E-state index in [9.17, 15) is 4.39 Å². The molecule has 0 amide bonds. The van der Waals surface area contributed by atoms with Gasteiger partial charge in [-0.3, -0.25) is 4.90 Å². The number of nitrogens with one attached hydrogen (secondary N) is 1. The Morgan fingerprint density at radius 2 is 2.26 bits per heavy atom. The lowest BCUT2D eigenvalue weighted by Crippen LogP contribution is -2.27. The molecule has 5 heteroatoms. The first-order valence-electron chi connectivity index (χ1n) is 6.45. The van der Waals surface area contributed by atoms with E-state index in [0.29, 0.717) is 12.0 Å². The van der Waals surface area contributed by atoms with Gasteiger partial charge in [-0.05, 0) is 57.1 Å². The first kappa shape index (κ1) is 16.7. The lowest BCUT2D eigenvalue weighted by Gasteiger charge is -2.25. The first-order chi connectivity index (χ1) is 8.61. The second-order valence-corrected chi connectivity index (χ2v) is 5.46. The SMILES string of the molecule is CNCC1CCN(C(C)c2ccc(F)c(Cl)c2)C1.Cl. The molecule has 108 valence electrons. The fourth-order valence-corrected chi connectivity index (χ4v) is 2.84. The van der Waals surface area contributed by atoms with Crippen LogP contribution in [0.15, 0.2) is 18.2 Å². The zero-order valence-corrected chi connectivity index (χ0v) is 12.9. The van der Waals surface area contributed by atoms with Crippen LogP contribution < -0.4 is 5.32 Å². The van der Waals surface area contributed by atoms with E-state index in [0.717, 1.165) is 25.2 Å². The van der Waals surface area contributed by atoms with Crippen molar-refractivity contribution >= 4 is 24.0 Å². The Morgan fingerprint density at radius 3 is 2.89 bits per heavy atom. The predicted octanol–water partition coefficient (Wildman–Crippen LogP) is 3.50. The number of hydrogen-bond acceptors (Lipinski definition) is 2. The van der Waals surface area contributed by atoms with Gasteiger partial charge < -0.3 is 5.32 Å². The van der Waals surface area contributed by atoms with Gasteiger partial charge in [-0.2, -0.15) is 0 Å². The maximum Gasteiger partial charge on any atom is 0.141 e. The van der Waals surface area contributed by atoms with E-state index in [1.54, 1.807) is 6.07 Å². The third kappa shape index (κ3) is 4.06. The zero-order chi connectivity index (χ0) is 13.1. The van der Waals surface area contributed by atoms with E-state index in [4.69, 9.17) is 11.6 Å². The van der Waals surface area contributed by atoms with E-state index in [1.807, 2.05) is 13.1 Å². The molecule has 0 spiro atoms. The molecule has 1 fully saturated rings. The van der Waals surface area contributed by atoms with Crippen molar-refractivity contribution in [1.82, 2.24) is 10.2 Å². The Balaban J connectivity index is 0.00000180. The van der Waals surface area contributed by atoms with Gasteiger partial charge in [0.05, 0.1) is 5.02 Å². The number of benzene rings is 1. The normalized spacial score (nSPS) is 21.2. The Kier molecular flexibility index (Phi) is 6.54. The van der Waals surface area contributed by atoms with E-state index in [1.165, 1.54) is 12.5 Å². The number of rotatable bonds is 4. The van der Waals surface area contributed by atoms with E-state index < -0.39 is 0 Å². The summed E-state index contributed by atoms with van der Waals surface area (Å²) in [7, 11) is 1.99. The molecule has 1 aliphatic rings. The van der Waals surface area contributed by atoms with Gasteiger partial charge in [0.1, 0.15) is 5.82 Å². The molecule has 2 nitrogen and oxygen atoms in total. The number of hydrogen-bond donors (Lipinski definition) is 1. The topological polar surface area (TPSA) is 15.3 Å². The van der Waals surface area contributed by atoms with Crippen molar-refractivity contribution in [2.24, 2.45) is 5.92 Å². The second kappa shape index (κ2) is 7.44. The average molecular weight is 307 g/mol. The van der Waals surface area contributed by atoms with Crippen LogP contribution in [0.25, 0.3) is 0 Å². The van der Waals surface area contributed by atoms with Crippen LogP contribution in [0.3, 0.4) is 0 Å². The van der Waals surface area contributed by atoms with E-state index in [2.05, 4.69) is 17.1 Å². The summed E-state index contributed by atoms with van der Waals surface area (Å²) in [6, 6.07) is 5.32. The molecule has 0 saturated carbocycles. The molecule has 0 aliphatic carbocycles. The largest absolute Gasteiger partial charge is 0.319 e. The molecule has 0 aromatic heterocycles. The Hall–Kier alpha value is -0.350. The molecule has 0 radical (unpaired) electrons. The molecule has 2 atom stereocenters. The van der Waals surface area contributed by atoms with Crippen LogP contribution >= 0.6 is 24.0 Å². The number of likely N-dealkylation sites (tertiary alicyclic amines) is 1. The minimum atomic E-state index is -0.345. The van der Waals surface area contributed by atoms with Crippen LogP contribution in [0.5, 0.6) is 0 Å². The summed E-state index contributed by atoms with van der Waals surface area (Å²) in [6.07, 6.45) is 1.22. The van der Waals surface area contributed by atoms with Crippen molar-refractivity contribution in [2.75, 3.05) is 26.7 Å². The monoisotopic (exact) mass is 306 g/mol. The van der Waals surface area contributed by atoms with Crippen LogP contribution in [0, 0.1) is 11.7 Å². The molecule has 1 aromatic rings. The highest BCUT2D eigenvalue weighted by molar-refractivity contribution is 6.30. The van der Waals surface area contributed by atoms with Gasteiger partial charge in [-0.25, -0.2) is 4.39 Å². The van der Waals surface area contributed by atoms with Gasteiger partial charge in [0.2, 0.25) is 0 Å². The third-order valence-corrected chi connectivity index (χ3v) is 4.07. The molecular formula is C14H21Cl2FN2. The molecule has 2 unspecified atom stereocenters. The highest BCUT2D eigenvalue weighted by Crippen LogP contribution is 2.29. The van der Waals surface area contributed by atoms with Crippen molar-refractivity contribution in [2.45, 2.75) is 19.4 Å². The van der Waals surface area contributed by atoms with Gasteiger partial charge in [-0.15, -0.1) is 12.4 Å². The van der Waals surface area contributed by atoms with Gasteiger partial charge >= 0.3 is 0 Å². The minimum absolute atomic E-state index is 0. The van der Waals surface area contributed by atoms with E-state index >= 15 is 0 Å². The lowest BCUT2D eigenvalue weighted by molar-refractivity contribution is 0.252. The molecule has 19 heavy (non-hydrogen) atoms. The average Bonchev–Trinajstić information content (AvgIpc) is 2.81. The molecular weight excluding hydrogens is 286 g/mol. The summed E-state index contributed by atoms with van der Waals surface area (Å²) in [6.45, 7) is 5.41.